The van der Waals surface area contributed by atoms with E-state index < -0.39 is 0 Å². The summed E-state index contributed by atoms with van der Waals surface area (Å²) in [4.78, 5) is 20.6. The molecule has 0 N–H and O–H groups in total. The highest BCUT2D eigenvalue weighted by Gasteiger charge is 2.40. The molecule has 1 aromatic rings. The quantitative estimate of drug-likeness (QED) is 0.704. The third kappa shape index (κ3) is 3.51. The lowest BCUT2D eigenvalue weighted by atomic mass is 9.96. The van der Waals surface area contributed by atoms with Crippen LogP contribution in [0, 0.1) is 12.3 Å². The van der Waals surface area contributed by atoms with Crippen molar-refractivity contribution in [2.75, 3.05) is 7.05 Å². The molecule has 2 aliphatic rings. The Morgan fingerprint density at radius 2 is 2.25 bits per heavy atom. The summed E-state index contributed by atoms with van der Waals surface area (Å²) in [7, 11) is 1.92. The Hall–Kier alpha value is -1.74. The van der Waals surface area contributed by atoms with Crippen molar-refractivity contribution >= 4 is 17.2 Å². The van der Waals surface area contributed by atoms with Gasteiger partial charge >= 0.3 is 0 Å². The summed E-state index contributed by atoms with van der Waals surface area (Å²) in [6, 6.07) is 0.175. The molecule has 6 heteroatoms. The Morgan fingerprint density at radius 1 is 1.46 bits per heavy atom. The van der Waals surface area contributed by atoms with Crippen LogP contribution in [0.1, 0.15) is 67.1 Å². The van der Waals surface area contributed by atoms with E-state index in [2.05, 4.69) is 23.1 Å². The van der Waals surface area contributed by atoms with Crippen LogP contribution in [-0.4, -0.2) is 28.5 Å². The number of nitrogens with zero attached hydrogens (tertiary/aromatic N) is 4. The number of fused-ring (bicyclic) bond motifs is 1. The summed E-state index contributed by atoms with van der Waals surface area (Å²) in [5, 5.41) is 9.41. The molecule has 1 unspecified atom stereocenters. The first kappa shape index (κ1) is 17.1. The largest absolute Gasteiger partial charge is 0.338 e. The Bertz CT molecular complexity index is 682. The van der Waals surface area contributed by atoms with Gasteiger partial charge in [0.2, 0.25) is 5.91 Å². The van der Waals surface area contributed by atoms with E-state index in [0.717, 1.165) is 32.1 Å². The molecule has 0 bridgehead atoms. The van der Waals surface area contributed by atoms with Crippen molar-refractivity contribution in [3.63, 3.8) is 0 Å². The third-order valence-corrected chi connectivity index (χ3v) is 6.26. The van der Waals surface area contributed by atoms with E-state index in [1.165, 1.54) is 15.6 Å². The highest BCUT2D eigenvalue weighted by molar-refractivity contribution is 7.11. The highest BCUT2D eigenvalue weighted by atomic mass is 32.1. The van der Waals surface area contributed by atoms with Crippen LogP contribution in [0.25, 0.3) is 0 Å². The zero-order valence-corrected chi connectivity index (χ0v) is 15.2. The fourth-order valence-corrected chi connectivity index (χ4v) is 4.53. The fraction of sp³-hybridized carbons (Fsp3) is 0.667. The first-order chi connectivity index (χ1) is 11.6. The molecule has 1 aliphatic heterocycles. The van der Waals surface area contributed by atoms with Crippen LogP contribution >= 0.6 is 11.3 Å². The van der Waals surface area contributed by atoms with Gasteiger partial charge in [-0.3, -0.25) is 4.79 Å². The number of amides is 1. The first-order valence-electron chi connectivity index (χ1n) is 8.70. The van der Waals surface area contributed by atoms with Gasteiger partial charge in [0.15, 0.2) is 5.66 Å². The molecule has 24 heavy (non-hydrogen) atoms. The van der Waals surface area contributed by atoms with E-state index in [9.17, 15) is 4.79 Å². The molecule has 3 rings (SSSR count). The predicted octanol–water partition coefficient (Wildman–Crippen LogP) is 3.90. The smallest absolute Gasteiger partial charge is 0.223 e. The Labute approximate surface area is 147 Å². The topological polar surface area (TPSA) is 57.9 Å². The Balaban J connectivity index is 1.60. The molecule has 0 fully saturated rings. The Morgan fingerprint density at radius 3 is 2.92 bits per heavy atom. The molecule has 5 nitrogen and oxygen atoms in total. The predicted molar refractivity (Wildman–Crippen MR) is 94.8 cm³/mol. The minimum atomic E-state index is -0.375. The van der Waals surface area contributed by atoms with Crippen molar-refractivity contribution in [2.45, 2.75) is 70.0 Å². The number of thiazole rings is 1. The zero-order valence-electron chi connectivity index (χ0n) is 14.4. The standard InChI is InChI=1S/C18H24N4OS/c1-4-6-11-18(20-21-18)12-10-16(23)22(3)14-9-7-8-13-17(14)24-15(5-2)19-13/h1,14H,5-12H2,2-3H3. The van der Waals surface area contributed by atoms with Gasteiger partial charge in [-0.15, -0.1) is 23.7 Å². The van der Waals surface area contributed by atoms with Gasteiger partial charge in [0.1, 0.15) is 0 Å². The molecular formula is C18H24N4OS. The van der Waals surface area contributed by atoms with Crippen molar-refractivity contribution in [3.05, 3.63) is 15.6 Å². The summed E-state index contributed by atoms with van der Waals surface area (Å²) >= 11 is 1.77. The van der Waals surface area contributed by atoms with Gasteiger partial charge in [-0.05, 0) is 25.7 Å². The molecule has 0 spiro atoms. The van der Waals surface area contributed by atoms with Crippen LogP contribution in [0.15, 0.2) is 10.2 Å². The summed E-state index contributed by atoms with van der Waals surface area (Å²) in [5.74, 6) is 2.79. The second-order valence-electron chi connectivity index (χ2n) is 6.57. The normalized spacial score (nSPS) is 20.3. The highest BCUT2D eigenvalue weighted by Crippen LogP contribution is 2.40. The zero-order chi connectivity index (χ0) is 17.2. The second kappa shape index (κ2) is 7.02. The van der Waals surface area contributed by atoms with E-state index >= 15 is 0 Å². The number of rotatable bonds is 7. The number of aryl methyl sites for hydroxylation is 2. The lowest BCUT2D eigenvalue weighted by Gasteiger charge is -2.31. The minimum Gasteiger partial charge on any atom is -0.338 e. The van der Waals surface area contributed by atoms with Gasteiger partial charge in [0, 0.05) is 32.7 Å². The Kier molecular flexibility index (Phi) is 5.00. The number of terminal acetylenes is 1. The van der Waals surface area contributed by atoms with Crippen molar-refractivity contribution in [3.8, 4) is 12.3 Å². The van der Waals surface area contributed by atoms with Gasteiger partial charge in [-0.25, -0.2) is 4.98 Å². The van der Waals surface area contributed by atoms with Gasteiger partial charge < -0.3 is 4.90 Å². The van der Waals surface area contributed by atoms with Crippen LogP contribution in [0.5, 0.6) is 0 Å². The minimum absolute atomic E-state index is 0.164. The monoisotopic (exact) mass is 344 g/mol. The molecule has 1 atom stereocenters. The first-order valence-corrected chi connectivity index (χ1v) is 9.52. The van der Waals surface area contributed by atoms with E-state index in [1.54, 1.807) is 11.3 Å². The van der Waals surface area contributed by atoms with Gasteiger partial charge in [-0.2, -0.15) is 10.2 Å². The van der Waals surface area contributed by atoms with Gasteiger partial charge in [0.05, 0.1) is 21.6 Å². The van der Waals surface area contributed by atoms with Crippen LogP contribution in [-0.2, 0) is 17.6 Å². The van der Waals surface area contributed by atoms with Crippen molar-refractivity contribution in [1.29, 1.82) is 0 Å². The maximum Gasteiger partial charge on any atom is 0.223 e. The maximum atomic E-state index is 12.7. The number of hydrogen-bond donors (Lipinski definition) is 0. The van der Waals surface area contributed by atoms with E-state index in [4.69, 9.17) is 11.4 Å². The molecule has 2 heterocycles. The van der Waals surface area contributed by atoms with Gasteiger partial charge in [-0.1, -0.05) is 6.92 Å². The van der Waals surface area contributed by atoms with Crippen molar-refractivity contribution in [1.82, 2.24) is 9.88 Å². The summed E-state index contributed by atoms with van der Waals surface area (Å²) in [6.07, 6.45) is 12.0. The lowest BCUT2D eigenvalue weighted by Crippen LogP contribution is -2.33. The third-order valence-electron chi connectivity index (χ3n) is 4.92. The molecular weight excluding hydrogens is 320 g/mol. The van der Waals surface area contributed by atoms with Crippen LogP contribution < -0.4 is 0 Å². The SMILES string of the molecule is C#CCCC1(CCC(=O)N(C)C2CCCc3nc(CC)sc32)N=N1. The molecule has 0 radical (unpaired) electrons. The van der Waals surface area contributed by atoms with Crippen LogP contribution in [0.3, 0.4) is 0 Å². The number of aromatic nitrogens is 1. The number of carbonyl (C=O) groups is 1. The molecule has 0 saturated heterocycles. The average Bonchev–Trinajstić information content (AvgIpc) is 3.25. The van der Waals surface area contributed by atoms with Crippen LogP contribution in [0.2, 0.25) is 0 Å². The second-order valence-corrected chi connectivity index (χ2v) is 7.69. The van der Waals surface area contributed by atoms with Crippen molar-refractivity contribution in [2.24, 2.45) is 10.2 Å². The number of carbonyl (C=O) groups excluding carboxylic acids is 1. The average molecular weight is 344 g/mol. The lowest BCUT2D eigenvalue weighted by molar-refractivity contribution is -0.132. The van der Waals surface area contributed by atoms with Crippen LogP contribution in [0.4, 0.5) is 0 Å². The molecule has 0 aromatic carbocycles. The fourth-order valence-electron chi connectivity index (χ4n) is 3.29. The molecule has 1 amide bonds. The number of hydrogen-bond acceptors (Lipinski definition) is 5. The molecule has 1 aromatic heterocycles. The summed E-state index contributed by atoms with van der Waals surface area (Å²) in [5.41, 5.74) is 0.825. The maximum absolute atomic E-state index is 12.7. The van der Waals surface area contributed by atoms with Gasteiger partial charge in [0.25, 0.3) is 0 Å². The summed E-state index contributed by atoms with van der Waals surface area (Å²) in [6.45, 7) is 2.13. The van der Waals surface area contributed by atoms with E-state index in [0.29, 0.717) is 19.3 Å². The molecule has 128 valence electrons. The van der Waals surface area contributed by atoms with Crippen molar-refractivity contribution < 1.29 is 4.79 Å². The molecule has 0 saturated carbocycles. The molecule has 1 aliphatic carbocycles. The summed E-state index contributed by atoms with van der Waals surface area (Å²) < 4.78 is 0. The van der Waals surface area contributed by atoms with E-state index in [-0.39, 0.29) is 17.6 Å². The van der Waals surface area contributed by atoms with E-state index in [1.807, 2.05) is 11.9 Å².